The van der Waals surface area contributed by atoms with Crippen molar-refractivity contribution in [2.75, 3.05) is 0 Å². The van der Waals surface area contributed by atoms with E-state index in [1.54, 1.807) is 24.3 Å². The third-order valence-corrected chi connectivity index (χ3v) is 5.07. The van der Waals surface area contributed by atoms with Gasteiger partial charge in [-0.2, -0.15) is 18.3 Å². The summed E-state index contributed by atoms with van der Waals surface area (Å²) in [4.78, 5) is -0.287. The van der Waals surface area contributed by atoms with E-state index in [9.17, 15) is 21.6 Å². The number of aromatic nitrogens is 2. The molecule has 0 aliphatic carbocycles. The second-order valence-electron chi connectivity index (χ2n) is 6.10. The molecular formula is C18H16F3N3O2S. The van der Waals surface area contributed by atoms with Crippen LogP contribution in [-0.4, -0.2) is 18.2 Å². The van der Waals surface area contributed by atoms with Crippen molar-refractivity contribution in [3.8, 4) is 22.4 Å². The van der Waals surface area contributed by atoms with E-state index < -0.39 is 21.9 Å². The van der Waals surface area contributed by atoms with Crippen molar-refractivity contribution in [3.05, 3.63) is 59.8 Å². The summed E-state index contributed by atoms with van der Waals surface area (Å²) in [6, 6.07) is 12.0. The fourth-order valence-corrected chi connectivity index (χ4v) is 3.68. The predicted molar refractivity (Wildman–Crippen MR) is 95.2 cm³/mol. The van der Waals surface area contributed by atoms with Crippen LogP contribution in [0.2, 0.25) is 0 Å². The third kappa shape index (κ3) is 3.60. The fraction of sp³-hybridized carbons (Fsp3) is 0.167. The lowest BCUT2D eigenvalue weighted by Crippen LogP contribution is -2.13. The molecule has 0 unspecified atom stereocenters. The number of aryl methyl sites for hydroxylation is 2. The molecule has 0 atom stereocenters. The van der Waals surface area contributed by atoms with E-state index in [0.717, 1.165) is 5.56 Å². The molecule has 9 heteroatoms. The van der Waals surface area contributed by atoms with E-state index >= 15 is 0 Å². The predicted octanol–water partition coefficient (Wildman–Crippen LogP) is 3.73. The number of benzene rings is 2. The zero-order chi connectivity index (χ0) is 20.0. The Morgan fingerprint density at radius 1 is 1.04 bits per heavy atom. The molecule has 0 radical (unpaired) electrons. The molecule has 2 N–H and O–H groups in total. The van der Waals surface area contributed by atoms with Crippen molar-refractivity contribution in [2.45, 2.75) is 18.0 Å². The Bertz CT molecular complexity index is 1100. The van der Waals surface area contributed by atoms with Crippen molar-refractivity contribution in [1.82, 2.24) is 9.78 Å². The van der Waals surface area contributed by atoms with Gasteiger partial charge in [-0.25, -0.2) is 13.6 Å². The van der Waals surface area contributed by atoms with Gasteiger partial charge < -0.3 is 0 Å². The summed E-state index contributed by atoms with van der Waals surface area (Å²) in [7, 11) is -2.99. The normalized spacial score (nSPS) is 12.4. The minimum absolute atomic E-state index is 0.0154. The lowest BCUT2D eigenvalue weighted by Gasteiger charge is -2.12. The molecule has 2 aromatic carbocycles. The number of nitrogens with zero attached hydrogens (tertiary/aromatic N) is 2. The number of alkyl halides is 3. The number of halogens is 3. The van der Waals surface area contributed by atoms with Crippen LogP contribution in [0, 0.1) is 6.92 Å². The SMILES string of the molecule is Cc1ccc(-c2c(-c3ccccc3S(N)(=O)=O)nn(C)c2C(F)(F)F)cc1. The van der Waals surface area contributed by atoms with Crippen LogP contribution in [0.1, 0.15) is 11.3 Å². The molecule has 0 aliphatic rings. The number of primary sulfonamides is 1. The van der Waals surface area contributed by atoms with Crippen LogP contribution < -0.4 is 5.14 Å². The van der Waals surface area contributed by atoms with Crippen molar-refractivity contribution in [2.24, 2.45) is 12.2 Å². The molecule has 3 rings (SSSR count). The van der Waals surface area contributed by atoms with Gasteiger partial charge in [0.15, 0.2) is 5.69 Å². The second kappa shape index (κ2) is 6.50. The molecule has 0 saturated carbocycles. The first-order valence-electron chi connectivity index (χ1n) is 7.83. The first-order chi connectivity index (χ1) is 12.5. The average Bonchev–Trinajstić information content (AvgIpc) is 2.92. The molecule has 0 amide bonds. The number of rotatable bonds is 3. The number of sulfonamides is 1. The largest absolute Gasteiger partial charge is 0.433 e. The standard InChI is InChI=1S/C18H16F3N3O2S/c1-11-7-9-12(10-8-11)15-16(23-24(2)17(15)18(19,20)21)13-5-3-4-6-14(13)27(22,25)26/h3-10H,1-2H3,(H2,22,25,26). The molecule has 0 saturated heterocycles. The van der Waals surface area contributed by atoms with Gasteiger partial charge >= 0.3 is 6.18 Å². The first kappa shape index (κ1) is 19.1. The van der Waals surface area contributed by atoms with Gasteiger partial charge in [-0.15, -0.1) is 0 Å². The van der Waals surface area contributed by atoms with Crippen molar-refractivity contribution in [1.29, 1.82) is 0 Å². The van der Waals surface area contributed by atoms with Crippen LogP contribution in [0.15, 0.2) is 53.4 Å². The van der Waals surface area contributed by atoms with Crippen LogP contribution in [0.3, 0.4) is 0 Å². The van der Waals surface area contributed by atoms with Crippen molar-refractivity contribution in [3.63, 3.8) is 0 Å². The second-order valence-corrected chi connectivity index (χ2v) is 7.63. The Kier molecular flexibility index (Phi) is 4.61. The van der Waals surface area contributed by atoms with Crippen LogP contribution >= 0.6 is 0 Å². The fourth-order valence-electron chi connectivity index (χ4n) is 2.94. The summed E-state index contributed by atoms with van der Waals surface area (Å²) >= 11 is 0. The Morgan fingerprint density at radius 2 is 1.63 bits per heavy atom. The summed E-state index contributed by atoms with van der Waals surface area (Å²) in [6.45, 7) is 1.81. The quantitative estimate of drug-likeness (QED) is 0.734. The maximum absolute atomic E-state index is 13.7. The first-order valence-corrected chi connectivity index (χ1v) is 9.38. The van der Waals surface area contributed by atoms with Gasteiger partial charge in [0.2, 0.25) is 10.0 Å². The van der Waals surface area contributed by atoms with Gasteiger partial charge in [-0.05, 0) is 18.6 Å². The zero-order valence-corrected chi connectivity index (χ0v) is 15.3. The summed E-state index contributed by atoms with van der Waals surface area (Å²) in [6.07, 6.45) is -4.68. The Labute approximate surface area is 154 Å². The minimum Gasteiger partial charge on any atom is -0.262 e. The summed E-state index contributed by atoms with van der Waals surface area (Å²) in [5.74, 6) is 0. The highest BCUT2D eigenvalue weighted by molar-refractivity contribution is 7.89. The van der Waals surface area contributed by atoms with E-state index in [-0.39, 0.29) is 27.3 Å². The lowest BCUT2D eigenvalue weighted by molar-refractivity contribution is -0.143. The van der Waals surface area contributed by atoms with Gasteiger partial charge in [0.05, 0.1) is 4.90 Å². The maximum Gasteiger partial charge on any atom is 0.433 e. The minimum atomic E-state index is -4.68. The Balaban J connectivity index is 2.42. The van der Waals surface area contributed by atoms with E-state index in [1.807, 2.05) is 6.92 Å². The number of hydrogen-bond donors (Lipinski definition) is 1. The van der Waals surface area contributed by atoms with Crippen molar-refractivity contribution < 1.29 is 21.6 Å². The molecule has 0 bridgehead atoms. The summed E-state index contributed by atoms with van der Waals surface area (Å²) in [5, 5.41) is 9.25. The number of hydrogen-bond acceptors (Lipinski definition) is 3. The van der Waals surface area contributed by atoms with E-state index in [4.69, 9.17) is 5.14 Å². The summed E-state index contributed by atoms with van der Waals surface area (Å²) < 4.78 is 65.8. The third-order valence-electron chi connectivity index (χ3n) is 4.10. The van der Waals surface area contributed by atoms with E-state index in [0.29, 0.717) is 4.68 Å². The van der Waals surface area contributed by atoms with Gasteiger partial charge in [0, 0.05) is 18.2 Å². The zero-order valence-electron chi connectivity index (χ0n) is 14.4. The molecule has 5 nitrogen and oxygen atoms in total. The molecule has 27 heavy (non-hydrogen) atoms. The molecule has 1 aromatic heterocycles. The van der Waals surface area contributed by atoms with Crippen molar-refractivity contribution >= 4 is 10.0 Å². The molecule has 0 fully saturated rings. The van der Waals surface area contributed by atoms with E-state index in [2.05, 4.69) is 5.10 Å². The monoisotopic (exact) mass is 395 g/mol. The molecule has 142 valence electrons. The van der Waals surface area contributed by atoms with Gasteiger partial charge in [0.1, 0.15) is 5.69 Å². The molecular weight excluding hydrogens is 379 g/mol. The smallest absolute Gasteiger partial charge is 0.262 e. The van der Waals surface area contributed by atoms with Crippen LogP contribution in [0.5, 0.6) is 0 Å². The van der Waals surface area contributed by atoms with Crippen LogP contribution in [0.4, 0.5) is 13.2 Å². The van der Waals surface area contributed by atoms with Gasteiger partial charge in [-0.3, -0.25) is 4.68 Å². The van der Waals surface area contributed by atoms with Crippen LogP contribution in [0.25, 0.3) is 22.4 Å². The molecule has 0 aliphatic heterocycles. The molecule has 0 spiro atoms. The lowest BCUT2D eigenvalue weighted by atomic mass is 9.97. The topological polar surface area (TPSA) is 78.0 Å². The Hall–Kier alpha value is -2.65. The summed E-state index contributed by atoms with van der Waals surface area (Å²) in [5.41, 5.74) is -0.0883. The Morgan fingerprint density at radius 3 is 2.19 bits per heavy atom. The molecule has 1 heterocycles. The van der Waals surface area contributed by atoms with Gasteiger partial charge in [-0.1, -0.05) is 48.0 Å². The van der Waals surface area contributed by atoms with Crippen LogP contribution in [-0.2, 0) is 23.2 Å². The van der Waals surface area contributed by atoms with E-state index in [1.165, 1.54) is 31.3 Å². The highest BCUT2D eigenvalue weighted by Crippen LogP contribution is 2.43. The molecule has 3 aromatic rings. The average molecular weight is 395 g/mol. The van der Waals surface area contributed by atoms with Gasteiger partial charge in [0.25, 0.3) is 0 Å². The maximum atomic E-state index is 13.7. The highest BCUT2D eigenvalue weighted by atomic mass is 32.2. The highest BCUT2D eigenvalue weighted by Gasteiger charge is 2.40. The number of nitrogens with two attached hydrogens (primary N) is 1.